The van der Waals surface area contributed by atoms with Crippen molar-refractivity contribution in [2.75, 3.05) is 13.6 Å². The summed E-state index contributed by atoms with van der Waals surface area (Å²) in [6.07, 6.45) is 1.58. The second-order valence-corrected chi connectivity index (χ2v) is 6.52. The van der Waals surface area contributed by atoms with Gasteiger partial charge in [0.15, 0.2) is 5.76 Å². The number of likely N-dealkylation sites (N-methyl/N-ethyl adjacent to an activating group) is 1. The lowest BCUT2D eigenvalue weighted by molar-refractivity contribution is 0.0369. The van der Waals surface area contributed by atoms with Crippen LogP contribution in [0.1, 0.15) is 24.2 Å². The maximum absolute atomic E-state index is 12.9. The molecule has 5 heteroatoms. The van der Waals surface area contributed by atoms with Crippen LogP contribution >= 0.6 is 0 Å². The molecule has 0 radical (unpaired) electrons. The predicted octanol–water partition coefficient (Wildman–Crippen LogP) is 3.34. The first-order chi connectivity index (χ1) is 11.3. The zero-order chi connectivity index (χ0) is 17.3. The largest absolute Gasteiger partial charge is 0.463 e. The van der Waals surface area contributed by atoms with E-state index in [1.807, 2.05) is 30.3 Å². The van der Waals surface area contributed by atoms with Gasteiger partial charge in [0, 0.05) is 19.0 Å². The van der Waals surface area contributed by atoms with Crippen LogP contribution in [-0.2, 0) is 0 Å². The highest BCUT2D eigenvalue weighted by Crippen LogP contribution is 2.26. The smallest absolute Gasteiger partial charge is 0.254 e. The molecule has 0 spiro atoms. The maximum Gasteiger partial charge on any atom is 0.254 e. The van der Waals surface area contributed by atoms with E-state index in [0.717, 1.165) is 10.9 Å². The Hall–Kier alpha value is -2.66. The molecule has 0 atom stereocenters. The standard InChI is InChI=1S/C19H20N2O3/c1-19(2,23)12-21(3)18(22)14-11-16(17-9-6-10-24-17)20-15-8-5-4-7-13(14)15/h4-11,23H,12H2,1-3H3. The summed E-state index contributed by atoms with van der Waals surface area (Å²) in [5.41, 5.74) is 0.917. The zero-order valence-electron chi connectivity index (χ0n) is 14.0. The van der Waals surface area contributed by atoms with Crippen molar-refractivity contribution in [3.63, 3.8) is 0 Å². The molecule has 1 amide bonds. The van der Waals surface area contributed by atoms with Crippen molar-refractivity contribution in [3.8, 4) is 11.5 Å². The molecule has 0 fully saturated rings. The Bertz CT molecular complexity index is 864. The second kappa shape index (κ2) is 6.09. The van der Waals surface area contributed by atoms with Crippen LogP contribution in [0.25, 0.3) is 22.4 Å². The van der Waals surface area contributed by atoms with Gasteiger partial charge in [-0.2, -0.15) is 0 Å². The summed E-state index contributed by atoms with van der Waals surface area (Å²) in [5, 5.41) is 10.8. The summed E-state index contributed by atoms with van der Waals surface area (Å²) in [7, 11) is 1.68. The normalized spacial score (nSPS) is 11.7. The molecule has 1 N–H and O–H groups in total. The number of carbonyl (C=O) groups excluding carboxylic acids is 1. The van der Waals surface area contributed by atoms with Crippen molar-refractivity contribution >= 4 is 16.8 Å². The number of furan rings is 1. The predicted molar refractivity (Wildman–Crippen MR) is 92.7 cm³/mol. The van der Waals surface area contributed by atoms with Gasteiger partial charge in [0.1, 0.15) is 5.69 Å². The summed E-state index contributed by atoms with van der Waals surface area (Å²) in [5.74, 6) is 0.448. The molecule has 0 aliphatic carbocycles. The average molecular weight is 324 g/mol. The molecule has 24 heavy (non-hydrogen) atoms. The monoisotopic (exact) mass is 324 g/mol. The Balaban J connectivity index is 2.10. The van der Waals surface area contributed by atoms with E-state index in [1.54, 1.807) is 39.3 Å². The van der Waals surface area contributed by atoms with Crippen LogP contribution in [0.5, 0.6) is 0 Å². The fraction of sp³-hybridized carbons (Fsp3) is 0.263. The lowest BCUT2D eigenvalue weighted by Crippen LogP contribution is -2.39. The molecule has 0 unspecified atom stereocenters. The Morgan fingerprint density at radius 2 is 2.00 bits per heavy atom. The SMILES string of the molecule is CN(CC(C)(C)O)C(=O)c1cc(-c2ccco2)nc2ccccc12. The molecule has 3 aromatic rings. The second-order valence-electron chi connectivity index (χ2n) is 6.52. The quantitative estimate of drug-likeness (QED) is 0.799. The molecule has 5 nitrogen and oxygen atoms in total. The summed E-state index contributed by atoms with van der Waals surface area (Å²) in [4.78, 5) is 19.0. The van der Waals surface area contributed by atoms with E-state index in [4.69, 9.17) is 4.42 Å². The van der Waals surface area contributed by atoms with Gasteiger partial charge in [-0.1, -0.05) is 18.2 Å². The number of benzene rings is 1. The Morgan fingerprint density at radius 3 is 2.67 bits per heavy atom. The summed E-state index contributed by atoms with van der Waals surface area (Å²) in [6.45, 7) is 3.59. The van der Waals surface area contributed by atoms with E-state index in [2.05, 4.69) is 4.98 Å². The van der Waals surface area contributed by atoms with Crippen molar-refractivity contribution in [1.29, 1.82) is 0 Å². The van der Waals surface area contributed by atoms with E-state index in [1.165, 1.54) is 4.90 Å². The number of fused-ring (bicyclic) bond motifs is 1. The molecule has 0 saturated carbocycles. The number of para-hydroxylation sites is 1. The highest BCUT2D eigenvalue weighted by atomic mass is 16.3. The van der Waals surface area contributed by atoms with Crippen molar-refractivity contribution in [2.45, 2.75) is 19.4 Å². The number of aromatic nitrogens is 1. The van der Waals surface area contributed by atoms with Crippen LogP contribution in [0.3, 0.4) is 0 Å². The van der Waals surface area contributed by atoms with Crippen molar-refractivity contribution < 1.29 is 14.3 Å². The van der Waals surface area contributed by atoms with E-state index in [-0.39, 0.29) is 12.5 Å². The number of carbonyl (C=O) groups is 1. The van der Waals surface area contributed by atoms with Crippen LogP contribution in [0.2, 0.25) is 0 Å². The molecule has 0 aliphatic heterocycles. The van der Waals surface area contributed by atoms with Gasteiger partial charge in [-0.3, -0.25) is 4.79 Å². The fourth-order valence-electron chi connectivity index (χ4n) is 2.76. The summed E-state index contributed by atoms with van der Waals surface area (Å²) >= 11 is 0. The van der Waals surface area contributed by atoms with E-state index in [9.17, 15) is 9.90 Å². The maximum atomic E-state index is 12.9. The lowest BCUT2D eigenvalue weighted by atomic mass is 10.0. The molecule has 2 heterocycles. The third-order valence-corrected chi connectivity index (χ3v) is 3.69. The molecule has 0 saturated heterocycles. The van der Waals surface area contributed by atoms with E-state index < -0.39 is 5.60 Å². The van der Waals surface area contributed by atoms with Crippen molar-refractivity contribution in [2.24, 2.45) is 0 Å². The van der Waals surface area contributed by atoms with Crippen molar-refractivity contribution in [1.82, 2.24) is 9.88 Å². The van der Waals surface area contributed by atoms with E-state index in [0.29, 0.717) is 17.0 Å². The van der Waals surface area contributed by atoms with Crippen LogP contribution in [0.4, 0.5) is 0 Å². The number of amides is 1. The average Bonchev–Trinajstić information content (AvgIpc) is 3.06. The summed E-state index contributed by atoms with van der Waals surface area (Å²) < 4.78 is 5.42. The minimum absolute atomic E-state index is 0.163. The number of aliphatic hydroxyl groups is 1. The molecular weight excluding hydrogens is 304 g/mol. The highest BCUT2D eigenvalue weighted by molar-refractivity contribution is 6.07. The third-order valence-electron chi connectivity index (χ3n) is 3.69. The van der Waals surface area contributed by atoms with Gasteiger partial charge < -0.3 is 14.4 Å². The highest BCUT2D eigenvalue weighted by Gasteiger charge is 2.23. The van der Waals surface area contributed by atoms with Gasteiger partial charge >= 0.3 is 0 Å². The van der Waals surface area contributed by atoms with Gasteiger partial charge in [0.05, 0.1) is 22.9 Å². The lowest BCUT2D eigenvalue weighted by Gasteiger charge is -2.26. The Kier molecular flexibility index (Phi) is 4.11. The number of hydrogen-bond donors (Lipinski definition) is 1. The Morgan fingerprint density at radius 1 is 1.25 bits per heavy atom. The van der Waals surface area contributed by atoms with Gasteiger partial charge in [-0.15, -0.1) is 0 Å². The zero-order valence-corrected chi connectivity index (χ0v) is 14.0. The number of pyridine rings is 1. The number of rotatable bonds is 4. The third kappa shape index (κ3) is 3.31. The van der Waals surface area contributed by atoms with Crippen LogP contribution < -0.4 is 0 Å². The topological polar surface area (TPSA) is 66.6 Å². The summed E-state index contributed by atoms with van der Waals surface area (Å²) in [6, 6.07) is 12.8. The van der Waals surface area contributed by atoms with E-state index >= 15 is 0 Å². The van der Waals surface area contributed by atoms with Crippen LogP contribution in [0, 0.1) is 0 Å². The Labute approximate surface area is 140 Å². The van der Waals surface area contributed by atoms with Crippen LogP contribution in [0.15, 0.2) is 53.1 Å². The minimum atomic E-state index is -0.961. The molecule has 1 aromatic carbocycles. The number of hydrogen-bond acceptors (Lipinski definition) is 4. The molecule has 124 valence electrons. The van der Waals surface area contributed by atoms with Crippen LogP contribution in [-0.4, -0.2) is 40.1 Å². The molecular formula is C19H20N2O3. The molecule has 3 rings (SSSR count). The van der Waals surface area contributed by atoms with Gasteiger partial charge in [0.25, 0.3) is 5.91 Å². The first-order valence-corrected chi connectivity index (χ1v) is 7.77. The molecule has 0 bridgehead atoms. The van der Waals surface area contributed by atoms with Crippen molar-refractivity contribution in [3.05, 3.63) is 54.3 Å². The molecule has 0 aliphatic rings. The molecule has 2 aromatic heterocycles. The first-order valence-electron chi connectivity index (χ1n) is 7.77. The van der Waals surface area contributed by atoms with Gasteiger partial charge in [-0.05, 0) is 38.1 Å². The van der Waals surface area contributed by atoms with Gasteiger partial charge in [0.2, 0.25) is 0 Å². The number of nitrogens with zero attached hydrogens (tertiary/aromatic N) is 2. The fourth-order valence-corrected chi connectivity index (χ4v) is 2.76. The first kappa shape index (κ1) is 16.2. The minimum Gasteiger partial charge on any atom is -0.463 e. The van der Waals surface area contributed by atoms with Gasteiger partial charge in [-0.25, -0.2) is 4.98 Å².